The molecule has 1 aromatic heterocycles. The fourth-order valence-corrected chi connectivity index (χ4v) is 2.72. The molecule has 1 atom stereocenters. The Morgan fingerprint density at radius 3 is 2.20 bits per heavy atom. The molecule has 0 radical (unpaired) electrons. The zero-order chi connectivity index (χ0) is 18.8. The van der Waals surface area contributed by atoms with Gasteiger partial charge in [-0.15, -0.1) is 0 Å². The molecule has 2 aromatic rings. The van der Waals surface area contributed by atoms with Gasteiger partial charge in [0.25, 0.3) is 11.8 Å². The Bertz CT molecular complexity index is 773. The molecule has 1 heterocycles. The average Bonchev–Trinajstić information content (AvgIpc) is 2.89. The summed E-state index contributed by atoms with van der Waals surface area (Å²) in [6, 6.07) is 6.52. The molecule has 2 rings (SSSR count). The van der Waals surface area contributed by atoms with E-state index in [-0.39, 0.29) is 17.4 Å². The number of benzene rings is 1. The van der Waals surface area contributed by atoms with E-state index in [4.69, 9.17) is 5.21 Å². The highest BCUT2D eigenvalue weighted by Crippen LogP contribution is 2.33. The first-order valence-electron chi connectivity index (χ1n) is 7.99. The van der Waals surface area contributed by atoms with Crippen LogP contribution in [0.3, 0.4) is 0 Å². The second-order valence-corrected chi connectivity index (χ2v) is 7.14. The second-order valence-electron chi connectivity index (χ2n) is 7.14. The van der Waals surface area contributed by atoms with Crippen LogP contribution in [0.1, 0.15) is 58.8 Å². The lowest BCUT2D eigenvalue weighted by Crippen LogP contribution is -2.36. The van der Waals surface area contributed by atoms with E-state index >= 15 is 0 Å². The van der Waals surface area contributed by atoms with Crippen molar-refractivity contribution in [3.8, 4) is 0 Å². The minimum absolute atomic E-state index is 0.192. The van der Waals surface area contributed by atoms with Gasteiger partial charge in [0.05, 0.1) is 17.3 Å². The van der Waals surface area contributed by atoms with E-state index in [0.29, 0.717) is 16.8 Å². The summed E-state index contributed by atoms with van der Waals surface area (Å²) < 4.78 is 1.61. The van der Waals surface area contributed by atoms with Gasteiger partial charge >= 0.3 is 0 Å². The van der Waals surface area contributed by atoms with Gasteiger partial charge in [0.2, 0.25) is 0 Å². The van der Waals surface area contributed by atoms with Crippen LogP contribution >= 0.6 is 0 Å². The molecule has 2 amide bonds. The molecular formula is C18H24N4O3. The normalized spacial score (nSPS) is 12.6. The molecule has 1 unspecified atom stereocenters. The predicted molar refractivity (Wildman–Crippen MR) is 93.3 cm³/mol. The number of rotatable bonds is 4. The van der Waals surface area contributed by atoms with E-state index in [2.05, 4.69) is 10.4 Å². The van der Waals surface area contributed by atoms with E-state index < -0.39 is 5.91 Å². The summed E-state index contributed by atoms with van der Waals surface area (Å²) in [6.07, 6.45) is 1.69. The fraction of sp³-hybridized carbons (Fsp3) is 0.389. The van der Waals surface area contributed by atoms with Crippen LogP contribution in [0.4, 0.5) is 0 Å². The molecule has 0 saturated heterocycles. The van der Waals surface area contributed by atoms with Crippen LogP contribution in [0.15, 0.2) is 30.5 Å². The van der Waals surface area contributed by atoms with E-state index in [1.165, 1.54) is 0 Å². The Morgan fingerprint density at radius 2 is 1.76 bits per heavy atom. The highest BCUT2D eigenvalue weighted by atomic mass is 16.5. The monoisotopic (exact) mass is 344 g/mol. The molecule has 134 valence electrons. The number of nitrogens with zero attached hydrogens (tertiary/aromatic N) is 2. The molecule has 1 aromatic carbocycles. The maximum absolute atomic E-state index is 12.7. The Kier molecular flexibility index (Phi) is 5.27. The maximum atomic E-state index is 12.7. The number of hydroxylamine groups is 1. The summed E-state index contributed by atoms with van der Waals surface area (Å²) in [6.45, 7) is 7.89. The molecule has 0 spiro atoms. The predicted octanol–water partition coefficient (Wildman–Crippen LogP) is 2.36. The maximum Gasteiger partial charge on any atom is 0.274 e. The summed E-state index contributed by atoms with van der Waals surface area (Å²) in [5.41, 5.74) is 3.78. The van der Waals surface area contributed by atoms with Crippen molar-refractivity contribution in [2.24, 2.45) is 12.5 Å². The van der Waals surface area contributed by atoms with Gasteiger partial charge in [-0.3, -0.25) is 19.5 Å². The average molecular weight is 344 g/mol. The quantitative estimate of drug-likeness (QED) is 0.586. The number of hydrogen-bond acceptors (Lipinski definition) is 4. The number of nitrogens with one attached hydrogen (secondary N) is 2. The van der Waals surface area contributed by atoms with Crippen molar-refractivity contribution < 1.29 is 14.8 Å². The van der Waals surface area contributed by atoms with Crippen LogP contribution in [0.5, 0.6) is 0 Å². The molecule has 0 aliphatic heterocycles. The Labute approximate surface area is 147 Å². The minimum atomic E-state index is -0.575. The van der Waals surface area contributed by atoms with Crippen molar-refractivity contribution in [2.45, 2.75) is 33.7 Å². The van der Waals surface area contributed by atoms with Crippen molar-refractivity contribution in [1.29, 1.82) is 0 Å². The summed E-state index contributed by atoms with van der Waals surface area (Å²) >= 11 is 0. The third kappa shape index (κ3) is 4.24. The van der Waals surface area contributed by atoms with Gasteiger partial charge in [0.15, 0.2) is 0 Å². The van der Waals surface area contributed by atoms with Crippen LogP contribution in [0.25, 0.3) is 0 Å². The molecule has 0 aliphatic rings. The van der Waals surface area contributed by atoms with E-state index in [9.17, 15) is 9.59 Å². The number of carbonyl (C=O) groups is 2. The summed E-state index contributed by atoms with van der Waals surface area (Å²) in [5, 5.41) is 16.0. The number of hydrogen-bond donors (Lipinski definition) is 3. The molecule has 25 heavy (non-hydrogen) atoms. The number of aromatic nitrogens is 2. The molecule has 7 nitrogen and oxygen atoms in total. The minimum Gasteiger partial charge on any atom is -0.345 e. The van der Waals surface area contributed by atoms with Crippen molar-refractivity contribution in [3.63, 3.8) is 0 Å². The molecule has 3 N–H and O–H groups in total. The SMILES string of the molecule is Cc1nn(C)cc1C(=O)NC(c1ccc(C(=O)NO)cc1)C(C)(C)C. The molecule has 0 saturated carbocycles. The zero-order valence-electron chi connectivity index (χ0n) is 15.1. The van der Waals surface area contributed by atoms with Crippen LogP contribution in [0, 0.1) is 12.3 Å². The van der Waals surface area contributed by atoms with Crippen LogP contribution in [0.2, 0.25) is 0 Å². The van der Waals surface area contributed by atoms with Gasteiger partial charge in [0.1, 0.15) is 0 Å². The van der Waals surface area contributed by atoms with Gasteiger partial charge in [-0.05, 0) is 30.0 Å². The van der Waals surface area contributed by atoms with Crippen molar-refractivity contribution >= 4 is 11.8 Å². The van der Waals surface area contributed by atoms with Gasteiger partial charge in [-0.25, -0.2) is 5.48 Å². The Balaban J connectivity index is 2.29. The Hall–Kier alpha value is -2.67. The van der Waals surface area contributed by atoms with E-state index in [0.717, 1.165) is 5.56 Å². The van der Waals surface area contributed by atoms with Crippen molar-refractivity contribution in [3.05, 3.63) is 52.8 Å². The number of carbonyl (C=O) groups excluding carboxylic acids is 2. The first-order chi connectivity index (χ1) is 11.6. The van der Waals surface area contributed by atoms with Gasteiger partial charge < -0.3 is 5.32 Å². The molecule has 0 fully saturated rings. The topological polar surface area (TPSA) is 96.2 Å². The standard InChI is InChI=1S/C18H24N4O3/c1-11-14(10-22(5)20-11)17(24)19-15(18(2,3)4)12-6-8-13(9-7-12)16(23)21-25/h6-10,15,25H,1-5H3,(H,19,24)(H,21,23). The first kappa shape index (κ1) is 18.7. The third-order valence-electron chi connectivity index (χ3n) is 4.01. The van der Waals surface area contributed by atoms with E-state index in [1.54, 1.807) is 54.6 Å². The fourth-order valence-electron chi connectivity index (χ4n) is 2.72. The molecular weight excluding hydrogens is 320 g/mol. The van der Waals surface area contributed by atoms with Gasteiger partial charge in [0, 0.05) is 18.8 Å². The summed E-state index contributed by atoms with van der Waals surface area (Å²) in [5.74, 6) is -0.767. The molecule has 0 bridgehead atoms. The van der Waals surface area contributed by atoms with Crippen LogP contribution in [-0.4, -0.2) is 26.8 Å². The lowest BCUT2D eigenvalue weighted by atomic mass is 9.82. The molecule has 7 heteroatoms. The largest absolute Gasteiger partial charge is 0.345 e. The van der Waals surface area contributed by atoms with Crippen molar-refractivity contribution in [1.82, 2.24) is 20.6 Å². The highest BCUT2D eigenvalue weighted by Gasteiger charge is 2.29. The summed E-state index contributed by atoms with van der Waals surface area (Å²) in [4.78, 5) is 24.1. The lowest BCUT2D eigenvalue weighted by molar-refractivity contribution is 0.0706. The highest BCUT2D eigenvalue weighted by molar-refractivity contribution is 5.95. The Morgan fingerprint density at radius 1 is 1.16 bits per heavy atom. The molecule has 0 aliphatic carbocycles. The zero-order valence-corrected chi connectivity index (χ0v) is 15.1. The van der Waals surface area contributed by atoms with E-state index in [1.807, 2.05) is 20.8 Å². The van der Waals surface area contributed by atoms with Gasteiger partial charge in [-0.2, -0.15) is 5.10 Å². The van der Waals surface area contributed by atoms with Crippen molar-refractivity contribution in [2.75, 3.05) is 0 Å². The van der Waals surface area contributed by atoms with Crippen LogP contribution < -0.4 is 10.8 Å². The van der Waals surface area contributed by atoms with Gasteiger partial charge in [-0.1, -0.05) is 32.9 Å². The number of aryl methyl sites for hydroxylation is 2. The smallest absolute Gasteiger partial charge is 0.274 e. The van der Waals surface area contributed by atoms with Crippen LogP contribution in [-0.2, 0) is 7.05 Å². The second kappa shape index (κ2) is 7.06. The first-order valence-corrected chi connectivity index (χ1v) is 7.99. The number of amides is 2. The lowest BCUT2D eigenvalue weighted by Gasteiger charge is -2.32. The summed E-state index contributed by atoms with van der Waals surface area (Å²) in [7, 11) is 1.77. The third-order valence-corrected chi connectivity index (χ3v) is 4.01.